The van der Waals surface area contributed by atoms with Gasteiger partial charge in [-0.2, -0.15) is 0 Å². The van der Waals surface area contributed by atoms with Gasteiger partial charge >= 0.3 is 0 Å². The van der Waals surface area contributed by atoms with Gasteiger partial charge < -0.3 is 10.3 Å². The van der Waals surface area contributed by atoms with Gasteiger partial charge in [0.25, 0.3) is 11.1 Å². The lowest BCUT2D eigenvalue weighted by Crippen LogP contribution is -2.28. The number of aromatic amines is 1. The van der Waals surface area contributed by atoms with Crippen LogP contribution in [0.4, 0.5) is 5.82 Å². The molecule has 5 rings (SSSR count). The summed E-state index contributed by atoms with van der Waals surface area (Å²) < 4.78 is 1.58. The average molecular weight is 491 g/mol. The zero-order chi connectivity index (χ0) is 24.5. The molecule has 0 spiro atoms. The lowest BCUT2D eigenvalue weighted by molar-refractivity contribution is 0.593. The molecule has 1 saturated carbocycles. The molecular weight excluding hydrogens is 464 g/mol. The molecule has 4 heterocycles. The summed E-state index contributed by atoms with van der Waals surface area (Å²) in [5.41, 5.74) is 2.28. The molecule has 0 atom stereocenters. The first-order valence-corrected chi connectivity index (χ1v) is 12.6. The van der Waals surface area contributed by atoms with E-state index in [0.717, 1.165) is 29.2 Å². The fourth-order valence-corrected chi connectivity index (χ4v) is 4.53. The van der Waals surface area contributed by atoms with Crippen LogP contribution in [0.1, 0.15) is 56.8 Å². The lowest BCUT2D eigenvalue weighted by Gasteiger charge is -2.16. The number of H-pyrrole nitrogens is 1. The maximum Gasteiger partial charge on any atom is 0.295 e. The Hall–Kier alpha value is -3.60. The first kappa shape index (κ1) is 23.2. The predicted octanol–water partition coefficient (Wildman–Crippen LogP) is 3.51. The number of anilines is 1. The van der Waals surface area contributed by atoms with Gasteiger partial charge in [-0.25, -0.2) is 24.9 Å². The standard InChI is InChI=1S/C24H26N8O2S/c1-4-35-17-8-5-14(9-25-17)10-26-21-24(34)32(13(2)3)22-16(30-21)11-27-20(31-22)18-19(15-6-7-15)28-12-29-23(18)33/h5,8-9,11-13,15H,4,6-7,10H2,1-3H3,(H,26,30)(H,28,29,33). The second-order valence-electron chi connectivity index (χ2n) is 8.69. The Morgan fingerprint density at radius 1 is 1.14 bits per heavy atom. The number of hydrogen-bond donors (Lipinski definition) is 2. The Labute approximate surface area is 205 Å². The van der Waals surface area contributed by atoms with Crippen LogP contribution in [0, 0.1) is 0 Å². The second-order valence-corrected chi connectivity index (χ2v) is 9.97. The molecular formula is C24H26N8O2S. The molecule has 180 valence electrons. The Bertz CT molecular complexity index is 1490. The van der Waals surface area contributed by atoms with Crippen LogP contribution in [0.25, 0.3) is 22.6 Å². The number of fused-ring (bicyclic) bond motifs is 1. The molecule has 0 radical (unpaired) electrons. The summed E-state index contributed by atoms with van der Waals surface area (Å²) in [5.74, 6) is 1.67. The molecule has 4 aromatic rings. The molecule has 0 unspecified atom stereocenters. The van der Waals surface area contributed by atoms with E-state index in [0.29, 0.717) is 29.0 Å². The van der Waals surface area contributed by atoms with Gasteiger partial charge in [0.2, 0.25) is 0 Å². The minimum atomic E-state index is -0.289. The SMILES string of the molecule is CCSc1ccc(CNc2nc3cnc(-c4c(C5CC5)nc[nH]c4=O)nc3n(C(C)C)c2=O)cn1. The number of nitrogens with zero attached hydrogens (tertiary/aromatic N) is 6. The van der Waals surface area contributed by atoms with E-state index in [9.17, 15) is 9.59 Å². The normalized spacial score (nSPS) is 13.5. The van der Waals surface area contributed by atoms with E-state index < -0.39 is 0 Å². The zero-order valence-electron chi connectivity index (χ0n) is 19.8. The number of pyridine rings is 1. The fourth-order valence-electron chi connectivity index (χ4n) is 3.95. The van der Waals surface area contributed by atoms with E-state index in [-0.39, 0.29) is 34.7 Å². The van der Waals surface area contributed by atoms with Crippen LogP contribution >= 0.6 is 11.8 Å². The Kier molecular flexibility index (Phi) is 6.33. The predicted molar refractivity (Wildman–Crippen MR) is 136 cm³/mol. The molecule has 10 nitrogen and oxygen atoms in total. The molecule has 1 fully saturated rings. The first-order chi connectivity index (χ1) is 17.0. The second kappa shape index (κ2) is 9.57. The van der Waals surface area contributed by atoms with Gasteiger partial charge in [0.05, 0.1) is 23.2 Å². The topological polar surface area (TPSA) is 131 Å². The molecule has 0 aromatic carbocycles. The van der Waals surface area contributed by atoms with Crippen LogP contribution in [0.15, 0.2) is 45.5 Å². The summed E-state index contributed by atoms with van der Waals surface area (Å²) in [6.45, 7) is 6.31. The first-order valence-electron chi connectivity index (χ1n) is 11.6. The van der Waals surface area contributed by atoms with Gasteiger partial charge in [0.1, 0.15) is 11.1 Å². The quantitative estimate of drug-likeness (QED) is 0.356. The minimum absolute atomic E-state index is 0.182. The van der Waals surface area contributed by atoms with Crippen molar-refractivity contribution in [2.75, 3.05) is 11.1 Å². The van der Waals surface area contributed by atoms with Crippen LogP contribution in [-0.4, -0.2) is 40.2 Å². The number of rotatable bonds is 8. The van der Waals surface area contributed by atoms with Crippen molar-refractivity contribution in [3.63, 3.8) is 0 Å². The molecule has 11 heteroatoms. The van der Waals surface area contributed by atoms with Crippen molar-refractivity contribution < 1.29 is 0 Å². The van der Waals surface area contributed by atoms with Crippen molar-refractivity contribution in [1.82, 2.24) is 34.5 Å². The molecule has 35 heavy (non-hydrogen) atoms. The van der Waals surface area contributed by atoms with E-state index in [2.05, 4.69) is 42.1 Å². The van der Waals surface area contributed by atoms with Crippen LogP contribution in [-0.2, 0) is 6.54 Å². The monoisotopic (exact) mass is 490 g/mol. The van der Waals surface area contributed by atoms with Crippen LogP contribution in [0.5, 0.6) is 0 Å². The Morgan fingerprint density at radius 3 is 2.66 bits per heavy atom. The van der Waals surface area contributed by atoms with Gasteiger partial charge in [0, 0.05) is 24.7 Å². The molecule has 4 aromatic heterocycles. The number of thioether (sulfide) groups is 1. The maximum atomic E-state index is 13.4. The van der Waals surface area contributed by atoms with Crippen LogP contribution in [0.2, 0.25) is 0 Å². The van der Waals surface area contributed by atoms with Crippen molar-refractivity contribution >= 4 is 28.7 Å². The smallest absolute Gasteiger partial charge is 0.295 e. The number of hydrogen-bond acceptors (Lipinski definition) is 9. The largest absolute Gasteiger partial charge is 0.361 e. The van der Waals surface area contributed by atoms with E-state index in [4.69, 9.17) is 0 Å². The third kappa shape index (κ3) is 4.68. The third-order valence-corrected chi connectivity index (χ3v) is 6.59. The van der Waals surface area contributed by atoms with Gasteiger partial charge in [-0.05, 0) is 44.1 Å². The Balaban J connectivity index is 1.53. The van der Waals surface area contributed by atoms with Crippen molar-refractivity contribution in [2.24, 2.45) is 0 Å². The maximum absolute atomic E-state index is 13.4. The van der Waals surface area contributed by atoms with Crippen molar-refractivity contribution in [1.29, 1.82) is 0 Å². The summed E-state index contributed by atoms with van der Waals surface area (Å²) in [4.78, 5) is 51.0. The lowest BCUT2D eigenvalue weighted by atomic mass is 10.1. The van der Waals surface area contributed by atoms with E-state index in [1.54, 1.807) is 28.7 Å². The van der Waals surface area contributed by atoms with Gasteiger partial charge in [0.15, 0.2) is 17.3 Å². The summed E-state index contributed by atoms with van der Waals surface area (Å²) >= 11 is 1.68. The molecule has 1 aliphatic rings. The van der Waals surface area contributed by atoms with E-state index >= 15 is 0 Å². The Morgan fingerprint density at radius 2 is 1.97 bits per heavy atom. The summed E-state index contributed by atoms with van der Waals surface area (Å²) in [6.07, 6.45) is 6.74. The third-order valence-electron chi connectivity index (χ3n) is 5.77. The fraction of sp³-hybridized carbons (Fsp3) is 0.375. The minimum Gasteiger partial charge on any atom is -0.361 e. The molecule has 0 aliphatic heterocycles. The van der Waals surface area contributed by atoms with Crippen LogP contribution < -0.4 is 16.4 Å². The number of aromatic nitrogens is 7. The summed E-state index contributed by atoms with van der Waals surface area (Å²) in [7, 11) is 0. The molecule has 0 amide bonds. The van der Waals surface area contributed by atoms with Gasteiger partial charge in [-0.3, -0.25) is 14.2 Å². The highest BCUT2D eigenvalue weighted by atomic mass is 32.2. The average Bonchev–Trinajstić information content (AvgIpc) is 3.69. The van der Waals surface area contributed by atoms with E-state index in [1.807, 2.05) is 26.0 Å². The van der Waals surface area contributed by atoms with Gasteiger partial charge in [-0.15, -0.1) is 11.8 Å². The molecule has 0 bridgehead atoms. The zero-order valence-corrected chi connectivity index (χ0v) is 20.6. The van der Waals surface area contributed by atoms with Crippen molar-refractivity contribution in [3.8, 4) is 11.4 Å². The van der Waals surface area contributed by atoms with Crippen molar-refractivity contribution in [2.45, 2.75) is 57.1 Å². The molecule has 2 N–H and O–H groups in total. The highest BCUT2D eigenvalue weighted by Gasteiger charge is 2.30. The summed E-state index contributed by atoms with van der Waals surface area (Å²) in [6, 6.07) is 3.77. The number of nitrogens with one attached hydrogen (secondary N) is 2. The van der Waals surface area contributed by atoms with Crippen LogP contribution in [0.3, 0.4) is 0 Å². The highest BCUT2D eigenvalue weighted by Crippen LogP contribution is 2.41. The van der Waals surface area contributed by atoms with Crippen molar-refractivity contribution in [3.05, 3.63) is 62.8 Å². The van der Waals surface area contributed by atoms with Gasteiger partial charge in [-0.1, -0.05) is 13.0 Å². The summed E-state index contributed by atoms with van der Waals surface area (Å²) in [5, 5.41) is 4.11. The van der Waals surface area contributed by atoms with E-state index in [1.165, 1.54) is 6.33 Å². The highest BCUT2D eigenvalue weighted by molar-refractivity contribution is 7.99. The molecule has 0 saturated heterocycles. The molecule has 1 aliphatic carbocycles.